The fourth-order valence-electron chi connectivity index (χ4n) is 11.1. The number of nitrogens with zero attached hydrogens (tertiary/aromatic N) is 2. The van der Waals surface area contributed by atoms with Crippen molar-refractivity contribution >= 4 is 38.9 Å². The normalized spacial score (nSPS) is 16.1. The second-order valence-electron chi connectivity index (χ2n) is 17.8. The van der Waals surface area contributed by atoms with Gasteiger partial charge in [-0.2, -0.15) is 0 Å². The van der Waals surface area contributed by atoms with Crippen molar-refractivity contribution in [3.8, 4) is 39.1 Å². The van der Waals surface area contributed by atoms with Crippen molar-refractivity contribution in [1.29, 1.82) is 0 Å². The number of fused-ring (bicyclic) bond motifs is 12. The molecule has 2 heteroatoms. The summed E-state index contributed by atoms with van der Waals surface area (Å²) in [6, 6.07) is 64.1. The van der Waals surface area contributed by atoms with Gasteiger partial charge in [-0.25, -0.2) is 0 Å². The Morgan fingerprint density at radius 1 is 0.397 bits per heavy atom. The highest BCUT2D eigenvalue weighted by Gasteiger charge is 2.38. The molecule has 0 radical (unpaired) electrons. The van der Waals surface area contributed by atoms with Crippen molar-refractivity contribution in [1.82, 2.24) is 4.57 Å². The van der Waals surface area contributed by atoms with Crippen LogP contribution in [0.5, 0.6) is 0 Å². The predicted molar refractivity (Wildman–Crippen MR) is 244 cm³/mol. The van der Waals surface area contributed by atoms with E-state index in [1.165, 1.54) is 111 Å². The van der Waals surface area contributed by atoms with E-state index in [4.69, 9.17) is 0 Å². The lowest BCUT2D eigenvalue weighted by Crippen LogP contribution is -2.18. The summed E-state index contributed by atoms with van der Waals surface area (Å²) in [4.78, 5) is 2.51. The fourth-order valence-corrected chi connectivity index (χ4v) is 11.1. The molecule has 1 heterocycles. The van der Waals surface area contributed by atoms with Crippen molar-refractivity contribution in [2.45, 2.75) is 51.4 Å². The summed E-state index contributed by atoms with van der Waals surface area (Å²) < 4.78 is 2.44. The van der Waals surface area contributed by atoms with Gasteiger partial charge in [0.15, 0.2) is 0 Å². The number of rotatable bonds is 4. The first-order valence-corrected chi connectivity index (χ1v) is 20.8. The Bertz CT molecular complexity index is 3160. The van der Waals surface area contributed by atoms with E-state index in [1.807, 2.05) is 0 Å². The topological polar surface area (TPSA) is 8.17 Å². The number of hydrogen-bond donors (Lipinski definition) is 0. The molecule has 9 aromatic rings. The van der Waals surface area contributed by atoms with Gasteiger partial charge >= 0.3 is 0 Å². The maximum Gasteiger partial charge on any atom is 0.0541 e. The molecule has 0 amide bonds. The largest absolute Gasteiger partial charge is 0.310 e. The van der Waals surface area contributed by atoms with Crippen LogP contribution in [0.1, 0.15) is 73.9 Å². The predicted octanol–water partition coefficient (Wildman–Crippen LogP) is 15.0. The number of hydrogen-bond acceptors (Lipinski definition) is 1. The summed E-state index contributed by atoms with van der Waals surface area (Å²) in [5.74, 6) is 0.332. The minimum atomic E-state index is -0.212. The van der Waals surface area contributed by atoms with E-state index in [0.29, 0.717) is 5.92 Å². The molecule has 3 aliphatic carbocycles. The van der Waals surface area contributed by atoms with Crippen LogP contribution in [0.2, 0.25) is 0 Å². The van der Waals surface area contributed by atoms with Gasteiger partial charge in [0.25, 0.3) is 0 Å². The molecule has 278 valence electrons. The van der Waals surface area contributed by atoms with Crippen molar-refractivity contribution in [2.24, 2.45) is 0 Å². The van der Waals surface area contributed by atoms with Crippen LogP contribution in [0.15, 0.2) is 170 Å². The van der Waals surface area contributed by atoms with Crippen LogP contribution in [-0.2, 0) is 10.8 Å². The average molecular weight is 745 g/mol. The van der Waals surface area contributed by atoms with Gasteiger partial charge in [0, 0.05) is 50.3 Å². The zero-order chi connectivity index (χ0) is 39.1. The summed E-state index contributed by atoms with van der Waals surface area (Å²) in [5.41, 5.74) is 23.3. The van der Waals surface area contributed by atoms with Gasteiger partial charge in [-0.3, -0.25) is 0 Å². The molecule has 0 spiro atoms. The zero-order valence-electron chi connectivity index (χ0n) is 33.6. The second kappa shape index (κ2) is 11.7. The van der Waals surface area contributed by atoms with E-state index in [9.17, 15) is 0 Å². The lowest BCUT2D eigenvalue weighted by atomic mass is 9.82. The standard InChI is InChI=1S/C56H44N2/c1-34-39-14-6-7-15-40(39)41-26-22-35(30-48(34)41)57(36-23-27-43-42-16-8-11-19-49(42)55(2,3)50(43)31-36)37-24-28-44-45-29-25-38(33-52(45)56(4,5)51(44)32-37)58-53-20-12-9-17-46(53)47-18-10-13-21-54(47)58/h6-34H,1-5H3. The Balaban J connectivity index is 1.02. The number of para-hydroxylation sites is 2. The van der Waals surface area contributed by atoms with Crippen LogP contribution >= 0.6 is 0 Å². The van der Waals surface area contributed by atoms with Crippen molar-refractivity contribution in [2.75, 3.05) is 4.90 Å². The van der Waals surface area contributed by atoms with E-state index in [-0.39, 0.29) is 10.8 Å². The first kappa shape index (κ1) is 33.5. The van der Waals surface area contributed by atoms with Gasteiger partial charge in [0.2, 0.25) is 0 Å². The molecule has 0 N–H and O–H groups in total. The van der Waals surface area contributed by atoms with E-state index >= 15 is 0 Å². The van der Waals surface area contributed by atoms with Crippen LogP contribution < -0.4 is 4.90 Å². The Kier molecular flexibility index (Phi) is 6.76. The maximum absolute atomic E-state index is 2.51. The quantitative estimate of drug-likeness (QED) is 0.174. The molecule has 2 nitrogen and oxygen atoms in total. The van der Waals surface area contributed by atoms with Crippen molar-refractivity contribution < 1.29 is 0 Å². The molecular weight excluding hydrogens is 701 g/mol. The maximum atomic E-state index is 2.51. The molecule has 0 saturated carbocycles. The molecule has 0 fully saturated rings. The zero-order valence-corrected chi connectivity index (χ0v) is 33.6. The molecule has 1 aromatic heterocycles. The molecule has 1 atom stereocenters. The van der Waals surface area contributed by atoms with E-state index in [1.54, 1.807) is 0 Å². The summed E-state index contributed by atoms with van der Waals surface area (Å²) in [7, 11) is 0. The first-order valence-electron chi connectivity index (χ1n) is 20.8. The van der Waals surface area contributed by atoms with Gasteiger partial charge in [-0.1, -0.05) is 144 Å². The Labute approximate surface area is 340 Å². The monoisotopic (exact) mass is 744 g/mol. The van der Waals surface area contributed by atoms with Gasteiger partial charge in [-0.15, -0.1) is 0 Å². The van der Waals surface area contributed by atoms with Gasteiger partial charge in [-0.05, 0) is 127 Å². The Morgan fingerprint density at radius 2 is 0.845 bits per heavy atom. The smallest absolute Gasteiger partial charge is 0.0541 e. The number of anilines is 3. The lowest BCUT2D eigenvalue weighted by molar-refractivity contribution is 0.659. The third-order valence-electron chi connectivity index (χ3n) is 14.0. The molecule has 12 rings (SSSR count). The summed E-state index contributed by atoms with van der Waals surface area (Å²) in [6.45, 7) is 11.9. The average Bonchev–Trinajstić information content (AvgIpc) is 3.89. The molecular formula is C56H44N2. The Morgan fingerprint density at radius 3 is 1.50 bits per heavy atom. The van der Waals surface area contributed by atoms with Crippen molar-refractivity contribution in [3.63, 3.8) is 0 Å². The molecule has 0 saturated heterocycles. The van der Waals surface area contributed by atoms with Gasteiger partial charge in [0.1, 0.15) is 0 Å². The lowest BCUT2D eigenvalue weighted by Gasteiger charge is -2.30. The van der Waals surface area contributed by atoms with Crippen LogP contribution in [0.4, 0.5) is 17.1 Å². The summed E-state index contributed by atoms with van der Waals surface area (Å²) in [5, 5.41) is 2.57. The Hall–Kier alpha value is -6.64. The highest BCUT2D eigenvalue weighted by atomic mass is 15.1. The highest BCUT2D eigenvalue weighted by molar-refractivity contribution is 6.09. The van der Waals surface area contributed by atoms with Gasteiger partial charge < -0.3 is 9.47 Å². The SMILES string of the molecule is CC1c2ccccc2-c2ccc(N(c3ccc4c(c3)C(C)(C)c3ccccc3-4)c3ccc4c(c3)C(C)(C)c3cc(-n5c6ccccc6c6ccccc65)ccc3-4)cc21. The summed E-state index contributed by atoms with van der Waals surface area (Å²) in [6.07, 6.45) is 0. The fraction of sp³-hybridized carbons (Fsp3) is 0.143. The number of benzene rings is 8. The van der Waals surface area contributed by atoms with Gasteiger partial charge in [0.05, 0.1) is 11.0 Å². The van der Waals surface area contributed by atoms with Crippen LogP contribution in [0.25, 0.3) is 60.9 Å². The molecule has 0 aliphatic heterocycles. The van der Waals surface area contributed by atoms with E-state index in [0.717, 1.165) is 0 Å². The minimum absolute atomic E-state index is 0.0999. The van der Waals surface area contributed by atoms with Crippen LogP contribution in [-0.4, -0.2) is 4.57 Å². The second-order valence-corrected chi connectivity index (χ2v) is 17.8. The van der Waals surface area contributed by atoms with Crippen LogP contribution in [0.3, 0.4) is 0 Å². The first-order chi connectivity index (χ1) is 28.2. The molecule has 3 aliphatic rings. The molecule has 1 unspecified atom stereocenters. The van der Waals surface area contributed by atoms with Crippen molar-refractivity contribution in [3.05, 3.63) is 203 Å². The molecule has 8 aromatic carbocycles. The highest BCUT2D eigenvalue weighted by Crippen LogP contribution is 2.54. The summed E-state index contributed by atoms with van der Waals surface area (Å²) >= 11 is 0. The van der Waals surface area contributed by atoms with E-state index < -0.39 is 0 Å². The number of aromatic nitrogens is 1. The molecule has 58 heavy (non-hydrogen) atoms. The minimum Gasteiger partial charge on any atom is -0.310 e. The third kappa shape index (κ3) is 4.43. The van der Waals surface area contributed by atoms with Crippen LogP contribution in [0, 0.1) is 0 Å². The van der Waals surface area contributed by atoms with E-state index in [2.05, 4.69) is 214 Å². The third-order valence-corrected chi connectivity index (χ3v) is 14.0. The molecule has 0 bridgehead atoms.